The van der Waals surface area contributed by atoms with Gasteiger partial charge in [-0.15, -0.1) is 0 Å². The van der Waals surface area contributed by atoms with Crippen molar-refractivity contribution in [3.05, 3.63) is 246 Å². The van der Waals surface area contributed by atoms with E-state index in [9.17, 15) is 0 Å². The van der Waals surface area contributed by atoms with E-state index in [2.05, 4.69) is 237 Å². The molecule has 0 aliphatic heterocycles. The van der Waals surface area contributed by atoms with Crippen LogP contribution in [0.25, 0.3) is 60.7 Å². The highest BCUT2D eigenvalue weighted by molar-refractivity contribution is 6.17. The number of benzene rings is 8. The van der Waals surface area contributed by atoms with E-state index in [0.29, 0.717) is 0 Å². The van der Waals surface area contributed by atoms with Crippen molar-refractivity contribution in [1.29, 1.82) is 0 Å². The van der Waals surface area contributed by atoms with Crippen LogP contribution in [0.2, 0.25) is 0 Å². The van der Waals surface area contributed by atoms with E-state index in [1.807, 2.05) is 0 Å². The lowest BCUT2D eigenvalue weighted by Gasteiger charge is -2.29. The number of hydrogen-bond donors (Lipinski definition) is 1. The van der Waals surface area contributed by atoms with Crippen LogP contribution in [-0.2, 0) is 0 Å². The number of rotatable bonds is 9. The van der Waals surface area contributed by atoms with Crippen LogP contribution in [0.4, 0.5) is 0 Å². The van der Waals surface area contributed by atoms with Gasteiger partial charge in [0.2, 0.25) is 0 Å². The fraction of sp³-hybridized carbons (Fsp3) is 0.0545. The molecular formula is C55H43N. The molecular weight excluding hydrogens is 675 g/mol. The Kier molecular flexibility index (Phi) is 9.81. The third kappa shape index (κ3) is 7.28. The standard InChI is InChI=1S/C55H43N/c1-2-49(32-28-46(41-18-10-5-11-19-41)36-39-14-6-3-7-15-39)56-55-35-31-48(38-54(55)45-24-22-42(23-25-45)40-16-8-4-9-17-40)47-27-26-44-30-33-51-50-21-13-12-20-43(50)29-34-52(51)53(44)37-47/h2-38,54-56H,1H3/b32-28-,46-36-,49-2+. The van der Waals surface area contributed by atoms with Gasteiger partial charge in [0.15, 0.2) is 0 Å². The van der Waals surface area contributed by atoms with E-state index in [1.54, 1.807) is 0 Å². The van der Waals surface area contributed by atoms with Crippen LogP contribution in [0.15, 0.2) is 224 Å². The first kappa shape index (κ1) is 34.8. The Balaban J connectivity index is 1.07. The highest BCUT2D eigenvalue weighted by Gasteiger charge is 2.24. The van der Waals surface area contributed by atoms with E-state index in [0.717, 1.165) is 11.3 Å². The molecule has 0 spiro atoms. The summed E-state index contributed by atoms with van der Waals surface area (Å²) in [6, 6.07) is 65.6. The average Bonchev–Trinajstić information content (AvgIpc) is 3.28. The lowest BCUT2D eigenvalue weighted by atomic mass is 9.83. The van der Waals surface area contributed by atoms with Gasteiger partial charge in [-0.3, -0.25) is 0 Å². The number of nitrogens with one attached hydrogen (secondary N) is 1. The molecule has 0 bridgehead atoms. The molecule has 8 aromatic rings. The van der Waals surface area contributed by atoms with Gasteiger partial charge in [-0.25, -0.2) is 0 Å². The minimum absolute atomic E-state index is 0.0445. The Bertz CT molecular complexity index is 2800. The summed E-state index contributed by atoms with van der Waals surface area (Å²) >= 11 is 0. The molecule has 0 saturated carbocycles. The maximum absolute atomic E-state index is 3.93. The lowest BCUT2D eigenvalue weighted by Crippen LogP contribution is -2.33. The Morgan fingerprint density at radius 1 is 0.518 bits per heavy atom. The van der Waals surface area contributed by atoms with Gasteiger partial charge in [0.05, 0.1) is 6.04 Å². The molecule has 56 heavy (non-hydrogen) atoms. The van der Waals surface area contributed by atoms with Crippen molar-refractivity contribution in [1.82, 2.24) is 5.32 Å². The predicted molar refractivity (Wildman–Crippen MR) is 241 cm³/mol. The quantitative estimate of drug-likeness (QED) is 0.0890. The molecule has 1 heteroatoms. The summed E-state index contributed by atoms with van der Waals surface area (Å²) in [4.78, 5) is 0. The summed E-state index contributed by atoms with van der Waals surface area (Å²) in [6.07, 6.45) is 16.0. The molecule has 2 unspecified atom stereocenters. The molecule has 0 heterocycles. The SMILES string of the molecule is C\C=C(/C=C\C(=C\c1ccccc1)c1ccccc1)NC1C=CC(c2ccc3ccc4c5ccccc5ccc4c3c2)=CC1c1ccc(-c2ccccc2)cc1. The molecule has 0 fully saturated rings. The first-order valence-corrected chi connectivity index (χ1v) is 19.5. The maximum Gasteiger partial charge on any atom is 0.0551 e. The number of fused-ring (bicyclic) bond motifs is 5. The Hall–Kier alpha value is -6.96. The average molecular weight is 718 g/mol. The van der Waals surface area contributed by atoms with Gasteiger partial charge in [-0.1, -0.05) is 206 Å². The summed E-state index contributed by atoms with van der Waals surface area (Å²) in [5, 5.41) is 11.6. The van der Waals surface area contributed by atoms with Gasteiger partial charge in [0.25, 0.3) is 0 Å². The molecule has 0 saturated heterocycles. The van der Waals surface area contributed by atoms with Gasteiger partial charge in [-0.05, 0) is 102 Å². The van der Waals surface area contributed by atoms with Crippen LogP contribution in [0, 0.1) is 0 Å². The van der Waals surface area contributed by atoms with E-state index in [-0.39, 0.29) is 12.0 Å². The van der Waals surface area contributed by atoms with E-state index >= 15 is 0 Å². The summed E-state index contributed by atoms with van der Waals surface area (Å²) in [6.45, 7) is 2.11. The van der Waals surface area contributed by atoms with Gasteiger partial charge < -0.3 is 5.32 Å². The van der Waals surface area contributed by atoms with Crippen molar-refractivity contribution in [3.8, 4) is 11.1 Å². The second kappa shape index (κ2) is 15.8. The van der Waals surface area contributed by atoms with E-state index < -0.39 is 0 Å². The van der Waals surface area contributed by atoms with Crippen molar-refractivity contribution in [3.63, 3.8) is 0 Å². The van der Waals surface area contributed by atoms with Crippen LogP contribution in [0.5, 0.6) is 0 Å². The topological polar surface area (TPSA) is 12.0 Å². The van der Waals surface area contributed by atoms with Gasteiger partial charge in [0.1, 0.15) is 0 Å². The molecule has 9 rings (SSSR count). The minimum atomic E-state index is 0.0445. The molecule has 0 radical (unpaired) electrons. The van der Waals surface area contributed by atoms with Gasteiger partial charge >= 0.3 is 0 Å². The van der Waals surface area contributed by atoms with Gasteiger partial charge in [-0.2, -0.15) is 0 Å². The second-order valence-corrected chi connectivity index (χ2v) is 14.5. The molecule has 268 valence electrons. The Morgan fingerprint density at radius 2 is 1.12 bits per heavy atom. The van der Waals surface area contributed by atoms with Crippen molar-refractivity contribution in [2.24, 2.45) is 0 Å². The first-order valence-electron chi connectivity index (χ1n) is 19.5. The van der Waals surface area contributed by atoms with Crippen molar-refractivity contribution in [2.75, 3.05) is 0 Å². The molecule has 1 nitrogen and oxygen atoms in total. The van der Waals surface area contributed by atoms with Crippen LogP contribution in [-0.4, -0.2) is 6.04 Å². The third-order valence-corrected chi connectivity index (χ3v) is 11.0. The normalized spacial score (nSPS) is 16.1. The van der Waals surface area contributed by atoms with Crippen molar-refractivity contribution in [2.45, 2.75) is 18.9 Å². The highest BCUT2D eigenvalue weighted by Crippen LogP contribution is 2.37. The van der Waals surface area contributed by atoms with Crippen LogP contribution in [0.1, 0.15) is 35.1 Å². The van der Waals surface area contributed by atoms with E-state index in [4.69, 9.17) is 0 Å². The second-order valence-electron chi connectivity index (χ2n) is 14.5. The Morgan fingerprint density at radius 3 is 1.88 bits per heavy atom. The summed E-state index contributed by atoms with van der Waals surface area (Å²) in [7, 11) is 0. The Labute approximate surface area is 330 Å². The summed E-state index contributed by atoms with van der Waals surface area (Å²) in [5.41, 5.74) is 10.8. The predicted octanol–water partition coefficient (Wildman–Crippen LogP) is 14.2. The fourth-order valence-electron chi connectivity index (χ4n) is 8.03. The summed E-state index contributed by atoms with van der Waals surface area (Å²) < 4.78 is 0. The molecule has 2 atom stereocenters. The zero-order valence-corrected chi connectivity index (χ0v) is 31.5. The largest absolute Gasteiger partial charge is 0.378 e. The summed E-state index contributed by atoms with van der Waals surface area (Å²) in [5.74, 6) is 0.101. The van der Waals surface area contributed by atoms with Crippen molar-refractivity contribution >= 4 is 49.5 Å². The molecule has 1 aliphatic carbocycles. The zero-order chi connectivity index (χ0) is 37.7. The highest BCUT2D eigenvalue weighted by atomic mass is 14.9. The van der Waals surface area contributed by atoms with E-state index in [1.165, 1.54) is 71.3 Å². The smallest absolute Gasteiger partial charge is 0.0551 e. The number of hydrogen-bond acceptors (Lipinski definition) is 1. The molecule has 0 amide bonds. The maximum atomic E-state index is 3.93. The van der Waals surface area contributed by atoms with Crippen molar-refractivity contribution < 1.29 is 0 Å². The van der Waals surface area contributed by atoms with Gasteiger partial charge in [0, 0.05) is 11.6 Å². The third-order valence-electron chi connectivity index (χ3n) is 11.0. The van der Waals surface area contributed by atoms with Crippen LogP contribution >= 0.6 is 0 Å². The molecule has 1 N–H and O–H groups in total. The molecule has 8 aromatic carbocycles. The first-order chi connectivity index (χ1) is 27.7. The fourth-order valence-corrected chi connectivity index (χ4v) is 8.03. The number of allylic oxidation sites excluding steroid dienone is 6. The lowest BCUT2D eigenvalue weighted by molar-refractivity contribution is 0.614. The minimum Gasteiger partial charge on any atom is -0.378 e. The monoisotopic (exact) mass is 717 g/mol. The molecule has 1 aliphatic rings. The zero-order valence-electron chi connectivity index (χ0n) is 31.5. The van der Waals surface area contributed by atoms with Crippen LogP contribution < -0.4 is 5.32 Å². The van der Waals surface area contributed by atoms with Crippen LogP contribution in [0.3, 0.4) is 0 Å². The molecule has 0 aromatic heterocycles.